The van der Waals surface area contributed by atoms with E-state index in [4.69, 9.17) is 5.41 Å². The van der Waals surface area contributed by atoms with E-state index in [0.29, 0.717) is 18.8 Å². The lowest BCUT2D eigenvalue weighted by molar-refractivity contribution is -0.0782. The second-order valence-corrected chi connectivity index (χ2v) is 3.75. The van der Waals surface area contributed by atoms with E-state index in [1.807, 2.05) is 0 Å². The first-order chi connectivity index (χ1) is 6.11. The maximum Gasteiger partial charge on any atom is 0.103 e. The molecule has 2 rings (SSSR count). The lowest BCUT2D eigenvalue weighted by Gasteiger charge is -2.38. The van der Waals surface area contributed by atoms with Gasteiger partial charge < -0.3 is 20.2 Å². The van der Waals surface area contributed by atoms with Crippen molar-refractivity contribution in [2.24, 2.45) is 0 Å². The SMILES string of the molecule is N=C1CC(O)C2C(O)C(O)CCN12. The highest BCUT2D eigenvalue weighted by molar-refractivity contribution is 5.82. The van der Waals surface area contributed by atoms with Crippen molar-refractivity contribution in [2.75, 3.05) is 6.54 Å². The number of piperidine rings is 1. The Morgan fingerprint density at radius 1 is 1.23 bits per heavy atom. The molecule has 0 bridgehead atoms. The lowest BCUT2D eigenvalue weighted by Crippen LogP contribution is -2.55. The fourth-order valence-electron chi connectivity index (χ4n) is 2.19. The molecule has 13 heavy (non-hydrogen) atoms. The summed E-state index contributed by atoms with van der Waals surface area (Å²) in [5.41, 5.74) is 0. The normalized spacial score (nSPS) is 45.2. The van der Waals surface area contributed by atoms with Crippen LogP contribution in [0.3, 0.4) is 0 Å². The van der Waals surface area contributed by atoms with Crippen LogP contribution < -0.4 is 0 Å². The van der Waals surface area contributed by atoms with Gasteiger partial charge in [0.25, 0.3) is 0 Å². The first-order valence-corrected chi connectivity index (χ1v) is 4.49. The Hall–Kier alpha value is -0.650. The van der Waals surface area contributed by atoms with E-state index in [9.17, 15) is 15.3 Å². The highest BCUT2D eigenvalue weighted by Gasteiger charge is 2.46. The van der Waals surface area contributed by atoms with Crippen LogP contribution in [0.4, 0.5) is 0 Å². The van der Waals surface area contributed by atoms with Gasteiger partial charge in [-0.2, -0.15) is 0 Å². The molecule has 0 aromatic rings. The van der Waals surface area contributed by atoms with E-state index in [0.717, 1.165) is 0 Å². The Morgan fingerprint density at radius 3 is 2.62 bits per heavy atom. The van der Waals surface area contributed by atoms with Crippen LogP contribution in [0.25, 0.3) is 0 Å². The van der Waals surface area contributed by atoms with Gasteiger partial charge in [-0.3, -0.25) is 5.41 Å². The van der Waals surface area contributed by atoms with E-state index in [1.54, 1.807) is 4.90 Å². The molecule has 5 nitrogen and oxygen atoms in total. The fourth-order valence-corrected chi connectivity index (χ4v) is 2.19. The zero-order valence-corrected chi connectivity index (χ0v) is 7.22. The van der Waals surface area contributed by atoms with E-state index in [-0.39, 0.29) is 6.42 Å². The van der Waals surface area contributed by atoms with Gasteiger partial charge in [0.2, 0.25) is 0 Å². The molecule has 2 saturated heterocycles. The minimum atomic E-state index is -0.924. The number of fused-ring (bicyclic) bond motifs is 1. The van der Waals surface area contributed by atoms with Crippen molar-refractivity contribution in [1.82, 2.24) is 4.90 Å². The maximum atomic E-state index is 9.59. The maximum absolute atomic E-state index is 9.59. The molecule has 2 aliphatic heterocycles. The van der Waals surface area contributed by atoms with Crippen molar-refractivity contribution in [3.63, 3.8) is 0 Å². The first kappa shape index (κ1) is 8.93. The predicted molar refractivity (Wildman–Crippen MR) is 45.5 cm³/mol. The average Bonchev–Trinajstić information content (AvgIpc) is 2.35. The minimum absolute atomic E-state index is 0.286. The molecule has 4 atom stereocenters. The molecule has 0 aliphatic carbocycles. The fraction of sp³-hybridized carbons (Fsp3) is 0.875. The quantitative estimate of drug-likeness (QED) is 0.372. The predicted octanol–water partition coefficient (Wildman–Crippen LogP) is -1.48. The van der Waals surface area contributed by atoms with Gasteiger partial charge >= 0.3 is 0 Å². The summed E-state index contributed by atoms with van der Waals surface area (Å²) in [5.74, 6) is 0.364. The topological polar surface area (TPSA) is 87.8 Å². The Labute approximate surface area is 76.1 Å². The van der Waals surface area contributed by atoms with Crippen LogP contribution in [-0.4, -0.2) is 57.0 Å². The van der Waals surface area contributed by atoms with Crippen LogP contribution >= 0.6 is 0 Å². The van der Waals surface area contributed by atoms with Crippen LogP contribution in [-0.2, 0) is 0 Å². The number of hydrogen-bond donors (Lipinski definition) is 4. The molecule has 0 saturated carbocycles. The van der Waals surface area contributed by atoms with Gasteiger partial charge in [-0.25, -0.2) is 0 Å². The molecule has 5 heteroatoms. The number of hydrogen-bond acceptors (Lipinski definition) is 4. The molecule has 0 aromatic heterocycles. The molecule has 2 aliphatic rings. The van der Waals surface area contributed by atoms with Crippen LogP contribution in [0.5, 0.6) is 0 Å². The summed E-state index contributed by atoms with van der Waals surface area (Å²) in [6.07, 6.45) is -1.65. The summed E-state index contributed by atoms with van der Waals surface area (Å²) in [7, 11) is 0. The van der Waals surface area contributed by atoms with Crippen molar-refractivity contribution in [1.29, 1.82) is 5.41 Å². The molecule has 4 N–H and O–H groups in total. The van der Waals surface area contributed by atoms with Crippen molar-refractivity contribution in [3.8, 4) is 0 Å². The van der Waals surface area contributed by atoms with E-state index in [2.05, 4.69) is 0 Å². The molecule has 74 valence electrons. The van der Waals surface area contributed by atoms with Crippen molar-refractivity contribution in [3.05, 3.63) is 0 Å². The van der Waals surface area contributed by atoms with Gasteiger partial charge in [-0.05, 0) is 6.42 Å². The Bertz CT molecular complexity index is 233. The molecular formula is C8H14N2O3. The zero-order chi connectivity index (χ0) is 9.59. The van der Waals surface area contributed by atoms with Crippen molar-refractivity contribution in [2.45, 2.75) is 37.2 Å². The monoisotopic (exact) mass is 186 g/mol. The Morgan fingerprint density at radius 2 is 1.92 bits per heavy atom. The van der Waals surface area contributed by atoms with Crippen molar-refractivity contribution < 1.29 is 15.3 Å². The third kappa shape index (κ3) is 1.23. The second-order valence-electron chi connectivity index (χ2n) is 3.75. The molecule has 0 spiro atoms. The van der Waals surface area contributed by atoms with Crippen LogP contribution in [0.1, 0.15) is 12.8 Å². The molecule has 2 fully saturated rings. The first-order valence-electron chi connectivity index (χ1n) is 4.49. The number of aliphatic hydroxyl groups is 3. The lowest BCUT2D eigenvalue weighted by atomic mass is 9.95. The van der Waals surface area contributed by atoms with Crippen LogP contribution in [0.15, 0.2) is 0 Å². The summed E-state index contributed by atoms with van der Waals surface area (Å²) in [4.78, 5) is 1.68. The number of nitrogens with one attached hydrogen (secondary N) is 1. The third-order valence-corrected chi connectivity index (χ3v) is 2.91. The zero-order valence-electron chi connectivity index (χ0n) is 7.22. The van der Waals surface area contributed by atoms with Crippen LogP contribution in [0, 0.1) is 5.41 Å². The molecule has 0 amide bonds. The molecule has 4 unspecified atom stereocenters. The molecule has 0 aromatic carbocycles. The van der Waals surface area contributed by atoms with Gasteiger partial charge in [0.1, 0.15) is 6.10 Å². The average molecular weight is 186 g/mol. The van der Waals surface area contributed by atoms with Gasteiger partial charge in [0, 0.05) is 13.0 Å². The smallest absolute Gasteiger partial charge is 0.103 e. The van der Waals surface area contributed by atoms with Crippen LogP contribution in [0.2, 0.25) is 0 Å². The van der Waals surface area contributed by atoms with Gasteiger partial charge in [0.15, 0.2) is 0 Å². The van der Waals surface area contributed by atoms with Gasteiger partial charge in [0.05, 0.1) is 24.1 Å². The highest BCUT2D eigenvalue weighted by Crippen LogP contribution is 2.28. The summed E-state index contributed by atoms with van der Waals surface area (Å²) in [6.45, 7) is 0.554. The largest absolute Gasteiger partial charge is 0.390 e. The van der Waals surface area contributed by atoms with E-state index >= 15 is 0 Å². The van der Waals surface area contributed by atoms with E-state index < -0.39 is 24.4 Å². The summed E-state index contributed by atoms with van der Waals surface area (Å²) in [6, 6.07) is -0.476. The van der Waals surface area contributed by atoms with Gasteiger partial charge in [-0.1, -0.05) is 0 Å². The minimum Gasteiger partial charge on any atom is -0.390 e. The molecular weight excluding hydrogens is 172 g/mol. The highest BCUT2D eigenvalue weighted by atomic mass is 16.3. The van der Waals surface area contributed by atoms with Gasteiger partial charge in [-0.15, -0.1) is 0 Å². The standard InChI is InChI=1S/C8H14N2O3/c9-6-3-5(12)7-8(13)4(11)1-2-10(6)7/h4-5,7-9,11-13H,1-3H2. The summed E-state index contributed by atoms with van der Waals surface area (Å²) in [5, 5.41) is 36.0. The second kappa shape index (κ2) is 2.94. The summed E-state index contributed by atoms with van der Waals surface area (Å²) < 4.78 is 0. The Balaban J connectivity index is 2.20. The number of rotatable bonds is 0. The van der Waals surface area contributed by atoms with Crippen molar-refractivity contribution >= 4 is 5.84 Å². The third-order valence-electron chi connectivity index (χ3n) is 2.91. The number of aliphatic hydroxyl groups excluding tert-OH is 3. The Kier molecular flexibility index (Phi) is 2.02. The summed E-state index contributed by atoms with van der Waals surface area (Å²) >= 11 is 0. The molecule has 2 heterocycles. The number of nitrogens with zero attached hydrogens (tertiary/aromatic N) is 1. The number of amidine groups is 1. The molecule has 0 radical (unpaired) electrons. The van der Waals surface area contributed by atoms with E-state index in [1.165, 1.54) is 0 Å².